The minimum absolute atomic E-state index is 0.638. The molecule has 0 nitrogen and oxygen atoms in total. The number of benzene rings is 1. The summed E-state index contributed by atoms with van der Waals surface area (Å²) < 4.78 is 0. The smallest absolute Gasteiger partial charge is 0.0164 e. The molecule has 0 N–H and O–H groups in total. The van der Waals surface area contributed by atoms with Gasteiger partial charge in [-0.1, -0.05) is 71.7 Å². The summed E-state index contributed by atoms with van der Waals surface area (Å²) in [4.78, 5) is 0. The second-order valence-electron chi connectivity index (χ2n) is 6.02. The van der Waals surface area contributed by atoms with Crippen molar-refractivity contribution in [2.45, 2.75) is 72.1 Å². The first-order valence-electron chi connectivity index (χ1n) is 7.68. The highest BCUT2D eigenvalue weighted by atomic mass is 14.2. The van der Waals surface area contributed by atoms with Crippen LogP contribution in [-0.4, -0.2) is 0 Å². The first-order valence-corrected chi connectivity index (χ1v) is 7.68. The Bertz CT molecular complexity index is 320. The summed E-state index contributed by atoms with van der Waals surface area (Å²) in [5.74, 6) is 2.26. The van der Waals surface area contributed by atoms with E-state index in [-0.39, 0.29) is 0 Å². The summed E-state index contributed by atoms with van der Waals surface area (Å²) >= 11 is 0. The van der Waals surface area contributed by atoms with Crippen LogP contribution in [-0.2, 0) is 0 Å². The van der Waals surface area contributed by atoms with Crippen molar-refractivity contribution in [1.82, 2.24) is 0 Å². The Morgan fingerprint density at radius 2 is 1.33 bits per heavy atom. The van der Waals surface area contributed by atoms with E-state index in [9.17, 15) is 0 Å². The summed E-state index contributed by atoms with van der Waals surface area (Å²) in [7, 11) is 0. The molecular formula is C18H30. The van der Waals surface area contributed by atoms with Gasteiger partial charge in [-0.05, 0) is 41.7 Å². The molecule has 0 heterocycles. The lowest BCUT2D eigenvalue weighted by Crippen LogP contribution is -2.01. The fourth-order valence-electron chi connectivity index (χ4n) is 2.45. The van der Waals surface area contributed by atoms with Crippen molar-refractivity contribution in [1.29, 1.82) is 0 Å². The maximum Gasteiger partial charge on any atom is -0.0164 e. The highest BCUT2D eigenvalue weighted by Crippen LogP contribution is 2.28. The Balaban J connectivity index is 2.64. The molecule has 1 aromatic carbocycles. The largest absolute Gasteiger partial charge is 0.0651 e. The van der Waals surface area contributed by atoms with Gasteiger partial charge in [0, 0.05) is 0 Å². The van der Waals surface area contributed by atoms with Gasteiger partial charge in [0.25, 0.3) is 0 Å². The van der Waals surface area contributed by atoms with Crippen LogP contribution in [0.2, 0.25) is 0 Å². The summed E-state index contributed by atoms with van der Waals surface area (Å²) in [5, 5.41) is 0. The highest BCUT2D eigenvalue weighted by Gasteiger charge is 2.11. The second kappa shape index (κ2) is 7.61. The molecule has 0 radical (unpaired) electrons. The van der Waals surface area contributed by atoms with Crippen molar-refractivity contribution in [3.05, 3.63) is 35.4 Å². The van der Waals surface area contributed by atoms with Gasteiger partial charge in [-0.25, -0.2) is 0 Å². The number of rotatable bonds is 7. The van der Waals surface area contributed by atoms with Crippen molar-refractivity contribution in [2.75, 3.05) is 0 Å². The van der Waals surface area contributed by atoms with Gasteiger partial charge in [-0.2, -0.15) is 0 Å². The van der Waals surface area contributed by atoms with Gasteiger partial charge in [0.1, 0.15) is 0 Å². The third kappa shape index (κ3) is 4.48. The number of hydrogen-bond acceptors (Lipinski definition) is 0. The standard InChI is InChI=1S/C18H30/c1-6-15(5)8-9-16(7-2)18-12-10-17(11-13-18)14(3)4/h10-16H,6-9H2,1-5H3/t15-,16+/m0/s1. The van der Waals surface area contributed by atoms with Crippen LogP contribution >= 0.6 is 0 Å². The van der Waals surface area contributed by atoms with E-state index < -0.39 is 0 Å². The highest BCUT2D eigenvalue weighted by molar-refractivity contribution is 5.27. The van der Waals surface area contributed by atoms with E-state index in [0.717, 1.165) is 11.8 Å². The lowest BCUT2D eigenvalue weighted by atomic mass is 9.87. The van der Waals surface area contributed by atoms with Crippen LogP contribution in [0.5, 0.6) is 0 Å². The van der Waals surface area contributed by atoms with Gasteiger partial charge in [0.2, 0.25) is 0 Å². The quantitative estimate of drug-likeness (QED) is 0.543. The molecule has 0 saturated heterocycles. The Morgan fingerprint density at radius 3 is 1.78 bits per heavy atom. The van der Waals surface area contributed by atoms with Gasteiger partial charge in [0.05, 0.1) is 0 Å². The van der Waals surface area contributed by atoms with Crippen LogP contribution < -0.4 is 0 Å². The predicted octanol–water partition coefficient (Wildman–Crippen LogP) is 6.13. The average molecular weight is 246 g/mol. The molecule has 18 heavy (non-hydrogen) atoms. The predicted molar refractivity (Wildman–Crippen MR) is 82.3 cm³/mol. The fraction of sp³-hybridized carbons (Fsp3) is 0.667. The van der Waals surface area contributed by atoms with Crippen LogP contribution in [0.25, 0.3) is 0 Å². The Kier molecular flexibility index (Phi) is 6.46. The molecule has 0 heteroatoms. The molecule has 0 aliphatic heterocycles. The topological polar surface area (TPSA) is 0 Å². The summed E-state index contributed by atoms with van der Waals surface area (Å²) in [6, 6.07) is 9.32. The lowest BCUT2D eigenvalue weighted by Gasteiger charge is -2.18. The summed E-state index contributed by atoms with van der Waals surface area (Å²) in [5.41, 5.74) is 2.99. The monoisotopic (exact) mass is 246 g/mol. The Hall–Kier alpha value is -0.780. The molecule has 0 saturated carbocycles. The van der Waals surface area contributed by atoms with E-state index in [1.54, 1.807) is 0 Å². The van der Waals surface area contributed by atoms with E-state index in [1.165, 1.54) is 36.8 Å². The molecule has 0 unspecified atom stereocenters. The van der Waals surface area contributed by atoms with Gasteiger partial charge in [-0.3, -0.25) is 0 Å². The zero-order valence-electron chi connectivity index (χ0n) is 12.9. The third-order valence-electron chi connectivity index (χ3n) is 4.27. The molecule has 0 amide bonds. The van der Waals surface area contributed by atoms with Crippen LogP contribution in [0.3, 0.4) is 0 Å². The first kappa shape index (κ1) is 15.3. The van der Waals surface area contributed by atoms with Crippen molar-refractivity contribution in [3.63, 3.8) is 0 Å². The molecule has 2 atom stereocenters. The normalized spacial score (nSPS) is 14.8. The van der Waals surface area contributed by atoms with Crippen molar-refractivity contribution in [3.8, 4) is 0 Å². The second-order valence-corrected chi connectivity index (χ2v) is 6.02. The third-order valence-corrected chi connectivity index (χ3v) is 4.27. The first-order chi connectivity index (χ1) is 8.58. The fourth-order valence-corrected chi connectivity index (χ4v) is 2.45. The zero-order chi connectivity index (χ0) is 13.5. The van der Waals surface area contributed by atoms with Gasteiger partial charge in [0.15, 0.2) is 0 Å². The summed E-state index contributed by atoms with van der Waals surface area (Å²) in [6.07, 6.45) is 5.27. The molecule has 0 aromatic heterocycles. The van der Waals surface area contributed by atoms with Gasteiger partial charge >= 0.3 is 0 Å². The van der Waals surface area contributed by atoms with Crippen LogP contribution in [0, 0.1) is 5.92 Å². The molecule has 1 aromatic rings. The molecule has 0 bridgehead atoms. The molecule has 0 aliphatic carbocycles. The van der Waals surface area contributed by atoms with E-state index in [0.29, 0.717) is 5.92 Å². The zero-order valence-corrected chi connectivity index (χ0v) is 12.9. The lowest BCUT2D eigenvalue weighted by molar-refractivity contribution is 0.454. The SMILES string of the molecule is CC[C@H](C)CC[C@@H](CC)c1ccc(C(C)C)cc1. The van der Waals surface area contributed by atoms with Crippen molar-refractivity contribution in [2.24, 2.45) is 5.92 Å². The van der Waals surface area contributed by atoms with E-state index in [1.807, 2.05) is 0 Å². The van der Waals surface area contributed by atoms with Gasteiger partial charge in [-0.15, -0.1) is 0 Å². The number of hydrogen-bond donors (Lipinski definition) is 0. The molecular weight excluding hydrogens is 216 g/mol. The average Bonchev–Trinajstić information content (AvgIpc) is 2.39. The molecule has 102 valence electrons. The van der Waals surface area contributed by atoms with Crippen LogP contribution in [0.1, 0.15) is 83.3 Å². The van der Waals surface area contributed by atoms with E-state index in [4.69, 9.17) is 0 Å². The van der Waals surface area contributed by atoms with E-state index >= 15 is 0 Å². The minimum Gasteiger partial charge on any atom is -0.0651 e. The molecule has 1 rings (SSSR count). The van der Waals surface area contributed by atoms with Crippen LogP contribution in [0.15, 0.2) is 24.3 Å². The molecule has 0 aliphatic rings. The molecule has 0 fully saturated rings. The Labute approximate surface area is 114 Å². The van der Waals surface area contributed by atoms with Crippen molar-refractivity contribution < 1.29 is 0 Å². The molecule has 0 spiro atoms. The minimum atomic E-state index is 0.638. The van der Waals surface area contributed by atoms with Crippen LogP contribution in [0.4, 0.5) is 0 Å². The van der Waals surface area contributed by atoms with Crippen molar-refractivity contribution >= 4 is 0 Å². The Morgan fingerprint density at radius 1 is 0.778 bits per heavy atom. The van der Waals surface area contributed by atoms with E-state index in [2.05, 4.69) is 58.9 Å². The van der Waals surface area contributed by atoms with Gasteiger partial charge < -0.3 is 0 Å². The summed E-state index contributed by atoms with van der Waals surface area (Å²) in [6.45, 7) is 11.5. The maximum absolute atomic E-state index is 2.37. The maximum atomic E-state index is 2.37.